The standard InChI is InChI=1S/2C16H32O2.Al/c2*1-2-3-4-5-6-7-8-9-10-11-12-13-14-15-16(17)18;/h2*2-15H2,1H3,(H,17,18);/q;;+2/p-2. The van der Waals surface area contributed by atoms with Gasteiger partial charge >= 0.3 is 15.9 Å². The van der Waals surface area contributed by atoms with E-state index in [2.05, 4.69) is 13.8 Å². The van der Waals surface area contributed by atoms with Crippen molar-refractivity contribution in [2.24, 2.45) is 0 Å². The average molecular weight is 538 g/mol. The highest BCUT2D eigenvalue weighted by Gasteiger charge is 2.13. The number of unbranched alkanes of at least 4 members (excludes halogenated alkanes) is 24. The molecule has 0 saturated heterocycles. The largest absolute Gasteiger partial charge is 0.885 e. The summed E-state index contributed by atoms with van der Waals surface area (Å²) in [5, 5.41) is 0. The fourth-order valence-electron chi connectivity index (χ4n) is 4.82. The van der Waals surface area contributed by atoms with Crippen LogP contribution in [0.5, 0.6) is 0 Å². The molecule has 0 spiro atoms. The molecule has 4 nitrogen and oxygen atoms in total. The van der Waals surface area contributed by atoms with Crippen LogP contribution in [0.3, 0.4) is 0 Å². The summed E-state index contributed by atoms with van der Waals surface area (Å²) in [4.78, 5) is 23.6. The summed E-state index contributed by atoms with van der Waals surface area (Å²) >= 11 is -0.997. The van der Waals surface area contributed by atoms with Gasteiger partial charge in [0, 0.05) is 12.8 Å². The number of carbonyl (C=O) groups excluding carboxylic acids is 2. The zero-order chi connectivity index (χ0) is 27.1. The van der Waals surface area contributed by atoms with Crippen molar-refractivity contribution in [2.45, 2.75) is 194 Å². The topological polar surface area (TPSA) is 52.6 Å². The Morgan fingerprint density at radius 3 is 0.838 bits per heavy atom. The highest BCUT2D eigenvalue weighted by atomic mass is 27.2. The van der Waals surface area contributed by atoms with E-state index in [-0.39, 0.29) is 11.9 Å². The minimum Gasteiger partial charge on any atom is -0.589 e. The molecule has 0 aromatic rings. The summed E-state index contributed by atoms with van der Waals surface area (Å²) < 4.78 is 10.3. The van der Waals surface area contributed by atoms with E-state index in [1.165, 1.54) is 141 Å². The van der Waals surface area contributed by atoms with Crippen LogP contribution >= 0.6 is 0 Å². The molecule has 0 rings (SSSR count). The lowest BCUT2D eigenvalue weighted by atomic mass is 10.0. The lowest BCUT2D eigenvalue weighted by molar-refractivity contribution is -0.139. The molecule has 0 heterocycles. The lowest BCUT2D eigenvalue weighted by Crippen LogP contribution is -2.15. The first kappa shape index (κ1) is 36.5. The SMILES string of the molecule is CCCCCCCCCCCCCCCC(=O)[O][Al][O]C(=O)CCCCCCCCCCCCCCC. The first-order valence-electron chi connectivity index (χ1n) is 16.4. The Morgan fingerprint density at radius 2 is 0.595 bits per heavy atom. The summed E-state index contributed by atoms with van der Waals surface area (Å²) in [7, 11) is 0. The van der Waals surface area contributed by atoms with Crippen molar-refractivity contribution in [1.29, 1.82) is 0 Å². The number of hydrogen-bond donors (Lipinski definition) is 0. The van der Waals surface area contributed by atoms with Gasteiger partial charge in [-0.05, 0) is 12.8 Å². The fourth-order valence-corrected chi connectivity index (χ4v) is 5.32. The molecule has 0 aliphatic rings. The third-order valence-electron chi connectivity index (χ3n) is 7.33. The van der Waals surface area contributed by atoms with Crippen molar-refractivity contribution in [3.05, 3.63) is 0 Å². The molecule has 0 aliphatic carbocycles. The number of rotatable bonds is 30. The van der Waals surface area contributed by atoms with Crippen molar-refractivity contribution in [1.82, 2.24) is 0 Å². The van der Waals surface area contributed by atoms with Gasteiger partial charge in [0.05, 0.1) is 0 Å². The van der Waals surface area contributed by atoms with Gasteiger partial charge in [0.15, 0.2) is 0 Å². The Kier molecular flexibility index (Phi) is 31.2. The van der Waals surface area contributed by atoms with E-state index in [0.29, 0.717) is 12.8 Å². The average Bonchev–Trinajstić information content (AvgIpc) is 2.89. The minimum atomic E-state index is -0.997. The van der Waals surface area contributed by atoms with Crippen molar-refractivity contribution in [3.63, 3.8) is 0 Å². The fraction of sp³-hybridized carbons (Fsp3) is 0.938. The molecular weight excluding hydrogens is 475 g/mol. The zero-order valence-electron chi connectivity index (χ0n) is 25.0. The molecule has 0 atom stereocenters. The first-order valence-corrected chi connectivity index (χ1v) is 17.4. The molecule has 0 saturated carbocycles. The second-order valence-electron chi connectivity index (χ2n) is 11.1. The molecule has 217 valence electrons. The Morgan fingerprint density at radius 1 is 0.378 bits per heavy atom. The Bertz CT molecular complexity index is 441. The van der Waals surface area contributed by atoms with E-state index >= 15 is 0 Å². The maximum absolute atomic E-state index is 11.8. The molecule has 0 aromatic carbocycles. The molecule has 5 heteroatoms. The maximum Gasteiger partial charge on any atom is 0.885 e. The Hall–Kier alpha value is -0.528. The van der Waals surface area contributed by atoms with Crippen molar-refractivity contribution < 1.29 is 17.2 Å². The third-order valence-corrected chi connectivity index (χ3v) is 8.05. The van der Waals surface area contributed by atoms with Gasteiger partial charge in [-0.15, -0.1) is 0 Å². The van der Waals surface area contributed by atoms with Gasteiger partial charge < -0.3 is 7.58 Å². The van der Waals surface area contributed by atoms with Crippen LogP contribution in [-0.2, 0) is 17.2 Å². The molecule has 0 N–H and O–H groups in total. The van der Waals surface area contributed by atoms with Crippen LogP contribution in [0.25, 0.3) is 0 Å². The number of hydrogen-bond acceptors (Lipinski definition) is 4. The van der Waals surface area contributed by atoms with Crippen LogP contribution < -0.4 is 0 Å². The highest BCUT2D eigenvalue weighted by molar-refractivity contribution is 6.25. The molecule has 37 heavy (non-hydrogen) atoms. The van der Waals surface area contributed by atoms with E-state index in [1.54, 1.807) is 0 Å². The summed E-state index contributed by atoms with van der Waals surface area (Å²) in [5.41, 5.74) is 0. The second-order valence-corrected chi connectivity index (χ2v) is 11.7. The molecule has 0 unspecified atom stereocenters. The van der Waals surface area contributed by atoms with Crippen LogP contribution in [0.2, 0.25) is 0 Å². The molecule has 0 fully saturated rings. The monoisotopic (exact) mass is 537 g/mol. The van der Waals surface area contributed by atoms with Crippen LogP contribution in [-0.4, -0.2) is 27.8 Å². The van der Waals surface area contributed by atoms with E-state index < -0.39 is 15.9 Å². The van der Waals surface area contributed by atoms with Crippen LogP contribution in [0.4, 0.5) is 0 Å². The van der Waals surface area contributed by atoms with Crippen molar-refractivity contribution in [3.8, 4) is 0 Å². The molecule has 0 bridgehead atoms. The quantitative estimate of drug-likeness (QED) is 0.0675. The lowest BCUT2D eigenvalue weighted by Gasteiger charge is -2.07. The predicted molar refractivity (Wildman–Crippen MR) is 159 cm³/mol. The van der Waals surface area contributed by atoms with E-state index in [0.717, 1.165) is 25.7 Å². The summed E-state index contributed by atoms with van der Waals surface area (Å²) in [6, 6.07) is 0. The van der Waals surface area contributed by atoms with Gasteiger partial charge in [-0.25, -0.2) is 0 Å². The second kappa shape index (κ2) is 31.7. The van der Waals surface area contributed by atoms with E-state index in [9.17, 15) is 9.59 Å². The summed E-state index contributed by atoms with van der Waals surface area (Å²) in [5.74, 6) is -0.432. The molecule has 1 radical (unpaired) electrons. The first-order chi connectivity index (χ1) is 18.2. The Labute approximate surface area is 238 Å². The summed E-state index contributed by atoms with van der Waals surface area (Å²) in [6.45, 7) is 4.53. The maximum atomic E-state index is 11.8. The van der Waals surface area contributed by atoms with E-state index in [4.69, 9.17) is 7.58 Å². The molecule has 0 aliphatic heterocycles. The van der Waals surface area contributed by atoms with Crippen molar-refractivity contribution in [2.75, 3.05) is 0 Å². The third kappa shape index (κ3) is 31.6. The smallest absolute Gasteiger partial charge is 0.589 e. The number of carbonyl (C=O) groups is 2. The van der Waals surface area contributed by atoms with Gasteiger partial charge in [-0.1, -0.05) is 168 Å². The van der Waals surface area contributed by atoms with Crippen LogP contribution in [0.1, 0.15) is 194 Å². The summed E-state index contributed by atoms with van der Waals surface area (Å²) in [6.07, 6.45) is 34.5. The van der Waals surface area contributed by atoms with Crippen LogP contribution in [0.15, 0.2) is 0 Å². The highest BCUT2D eigenvalue weighted by Crippen LogP contribution is 2.14. The molecule has 0 amide bonds. The predicted octanol–water partition coefficient (Wildman–Crippen LogP) is 10.6. The van der Waals surface area contributed by atoms with Gasteiger partial charge in [0.25, 0.3) is 11.9 Å². The van der Waals surface area contributed by atoms with Gasteiger partial charge in [-0.3, -0.25) is 9.59 Å². The zero-order valence-corrected chi connectivity index (χ0v) is 26.2. The molecular formula is C32H62AlO4. The normalized spacial score (nSPS) is 11.0. The van der Waals surface area contributed by atoms with Crippen molar-refractivity contribution >= 4 is 27.8 Å². The minimum absolute atomic E-state index is 0.216. The van der Waals surface area contributed by atoms with Gasteiger partial charge in [0.2, 0.25) is 0 Å². The van der Waals surface area contributed by atoms with E-state index in [1.807, 2.05) is 0 Å². The molecule has 0 aromatic heterocycles. The Balaban J connectivity index is 3.27. The van der Waals surface area contributed by atoms with Crippen LogP contribution in [0, 0.1) is 0 Å². The van der Waals surface area contributed by atoms with Gasteiger partial charge in [0.1, 0.15) is 0 Å². The van der Waals surface area contributed by atoms with Gasteiger partial charge in [-0.2, -0.15) is 0 Å².